The Bertz CT molecular complexity index is 812. The number of nitrogens with zero attached hydrogens (tertiary/aromatic N) is 3. The number of piperazine rings is 1. The minimum Gasteiger partial charge on any atom is -0.627 e. The molecule has 2 aliphatic rings. The zero-order valence-electron chi connectivity index (χ0n) is 16.0. The fourth-order valence-electron chi connectivity index (χ4n) is 3.47. The van der Waals surface area contributed by atoms with Crippen molar-refractivity contribution in [3.63, 3.8) is 0 Å². The molecule has 1 atom stereocenters. The average molecular weight is 410 g/mol. The summed E-state index contributed by atoms with van der Waals surface area (Å²) in [5.74, 6) is -1.47. The summed E-state index contributed by atoms with van der Waals surface area (Å²) in [6, 6.07) is 3.93. The first-order chi connectivity index (χ1) is 13.7. The molecule has 0 aliphatic carbocycles. The number of cyclic esters (lactones) is 1. The Labute approximate surface area is 166 Å². The summed E-state index contributed by atoms with van der Waals surface area (Å²) in [6.45, 7) is 1.19. The van der Waals surface area contributed by atoms with Crippen LogP contribution in [0.5, 0.6) is 0 Å². The first-order valence-electron chi connectivity index (χ1n) is 9.23. The summed E-state index contributed by atoms with van der Waals surface area (Å²) in [4.78, 5) is 37.2. The summed E-state index contributed by atoms with van der Waals surface area (Å²) in [5, 5.41) is 24.5. The Hall–Kier alpha value is -2.76. The Kier molecular flexibility index (Phi) is 6.01. The molecule has 10 nitrogen and oxygen atoms in total. The van der Waals surface area contributed by atoms with Crippen molar-refractivity contribution in [3.8, 4) is 0 Å². The average Bonchev–Trinajstić information content (AvgIpc) is 3.06. The number of aliphatic hydroxyl groups is 1. The standard InChI is InChI=1S/C18H23FN4O6/c1-12(25)20-9-14-10-22(18(27)29-14)13-2-3-16(15(19)8-13)23(28)6-4-21(5-7-23)17(26)11-24/h2-3,8,14,24H,4-7,9-11H2,1H3,(H,20,25)/t14-/m0/s1. The molecular weight excluding hydrogens is 387 g/mol. The van der Waals surface area contributed by atoms with Crippen LogP contribution in [0.15, 0.2) is 18.2 Å². The predicted octanol–water partition coefficient (Wildman–Crippen LogP) is -0.0734. The van der Waals surface area contributed by atoms with Gasteiger partial charge in [-0.2, -0.15) is 0 Å². The molecule has 0 spiro atoms. The van der Waals surface area contributed by atoms with Gasteiger partial charge in [0.2, 0.25) is 11.8 Å². The van der Waals surface area contributed by atoms with Gasteiger partial charge in [0, 0.05) is 19.1 Å². The highest BCUT2D eigenvalue weighted by Gasteiger charge is 2.35. The van der Waals surface area contributed by atoms with E-state index in [9.17, 15) is 24.0 Å². The van der Waals surface area contributed by atoms with Crippen molar-refractivity contribution in [3.05, 3.63) is 29.2 Å². The molecule has 0 saturated carbocycles. The highest BCUT2D eigenvalue weighted by atomic mass is 19.1. The highest BCUT2D eigenvalue weighted by Crippen LogP contribution is 2.32. The molecule has 2 N–H and O–H groups in total. The van der Waals surface area contributed by atoms with E-state index >= 15 is 0 Å². The number of ether oxygens (including phenoxy) is 1. The molecule has 2 aliphatic heterocycles. The van der Waals surface area contributed by atoms with Crippen LogP contribution in [0.4, 0.5) is 20.6 Å². The second kappa shape index (κ2) is 8.31. The Morgan fingerprint density at radius 1 is 1.38 bits per heavy atom. The molecule has 0 radical (unpaired) electrons. The van der Waals surface area contributed by atoms with Gasteiger partial charge in [-0.1, -0.05) is 0 Å². The minimum atomic E-state index is -0.934. The van der Waals surface area contributed by atoms with Gasteiger partial charge in [-0.15, -0.1) is 0 Å². The van der Waals surface area contributed by atoms with E-state index in [0.29, 0.717) is 0 Å². The van der Waals surface area contributed by atoms with Gasteiger partial charge < -0.3 is 29.9 Å². The van der Waals surface area contributed by atoms with E-state index in [2.05, 4.69) is 5.32 Å². The van der Waals surface area contributed by atoms with Crippen molar-refractivity contribution in [2.45, 2.75) is 13.0 Å². The van der Waals surface area contributed by atoms with Crippen molar-refractivity contribution in [1.29, 1.82) is 0 Å². The Balaban J connectivity index is 1.70. The smallest absolute Gasteiger partial charge is 0.414 e. The lowest BCUT2D eigenvalue weighted by molar-refractivity contribution is -0.135. The van der Waals surface area contributed by atoms with Crippen LogP contribution >= 0.6 is 0 Å². The molecule has 1 aromatic rings. The molecule has 0 aromatic heterocycles. The molecule has 0 unspecified atom stereocenters. The normalized spacial score (nSPS) is 21.1. The van der Waals surface area contributed by atoms with Crippen LogP contribution in [-0.4, -0.2) is 79.9 Å². The summed E-state index contributed by atoms with van der Waals surface area (Å²) in [7, 11) is 0. The summed E-state index contributed by atoms with van der Waals surface area (Å²) >= 11 is 0. The van der Waals surface area contributed by atoms with Gasteiger partial charge in [-0.3, -0.25) is 14.5 Å². The summed E-state index contributed by atoms with van der Waals surface area (Å²) < 4.78 is 19.0. The largest absolute Gasteiger partial charge is 0.627 e. The van der Waals surface area contributed by atoms with E-state index in [1.165, 1.54) is 28.9 Å². The molecule has 3 amide bonds. The van der Waals surface area contributed by atoms with Crippen molar-refractivity contribution in [1.82, 2.24) is 14.9 Å². The second-order valence-corrected chi connectivity index (χ2v) is 7.06. The van der Waals surface area contributed by atoms with Gasteiger partial charge in [-0.05, 0) is 6.07 Å². The van der Waals surface area contributed by atoms with E-state index in [1.54, 1.807) is 0 Å². The maximum Gasteiger partial charge on any atom is 0.414 e. The van der Waals surface area contributed by atoms with E-state index in [4.69, 9.17) is 9.84 Å². The van der Waals surface area contributed by atoms with Crippen LogP contribution in [0, 0.1) is 11.0 Å². The second-order valence-electron chi connectivity index (χ2n) is 7.06. The van der Waals surface area contributed by atoms with Crippen molar-refractivity contribution >= 4 is 29.3 Å². The number of hydrogen-bond donors (Lipinski definition) is 2. The van der Waals surface area contributed by atoms with Crippen LogP contribution in [0.1, 0.15) is 6.92 Å². The van der Waals surface area contributed by atoms with Crippen LogP contribution in [0.2, 0.25) is 0 Å². The number of anilines is 1. The molecule has 29 heavy (non-hydrogen) atoms. The highest BCUT2D eigenvalue weighted by molar-refractivity contribution is 5.90. The zero-order chi connectivity index (χ0) is 21.2. The lowest BCUT2D eigenvalue weighted by Gasteiger charge is -2.47. The molecule has 2 fully saturated rings. The zero-order valence-corrected chi connectivity index (χ0v) is 16.0. The van der Waals surface area contributed by atoms with Crippen molar-refractivity contribution < 1.29 is 28.6 Å². The molecule has 11 heteroatoms. The van der Waals surface area contributed by atoms with E-state index < -0.39 is 35.2 Å². The first kappa shape index (κ1) is 21.0. The number of rotatable bonds is 5. The maximum absolute atomic E-state index is 14.8. The van der Waals surface area contributed by atoms with Crippen molar-refractivity contribution in [2.75, 3.05) is 50.8 Å². The lowest BCUT2D eigenvalue weighted by atomic mass is 10.2. The number of nitrogens with one attached hydrogen (secondary N) is 1. The number of benzene rings is 1. The van der Waals surface area contributed by atoms with Crippen LogP contribution in [0.3, 0.4) is 0 Å². The SMILES string of the molecule is CC(=O)NC[C@H]1CN(c2ccc([N+]3([O-])CCN(C(=O)CO)CC3)c(F)c2)C(=O)O1. The molecule has 2 heterocycles. The van der Waals surface area contributed by atoms with Crippen molar-refractivity contribution in [2.24, 2.45) is 0 Å². The third-order valence-corrected chi connectivity index (χ3v) is 5.08. The molecule has 2 saturated heterocycles. The van der Waals surface area contributed by atoms with Gasteiger partial charge in [0.25, 0.3) is 0 Å². The fourth-order valence-corrected chi connectivity index (χ4v) is 3.47. The third kappa shape index (κ3) is 4.47. The molecule has 158 valence electrons. The quantitative estimate of drug-likeness (QED) is 0.518. The van der Waals surface area contributed by atoms with Crippen LogP contribution in [-0.2, 0) is 14.3 Å². The molecule has 1 aromatic carbocycles. The van der Waals surface area contributed by atoms with E-state index in [0.717, 1.165) is 6.07 Å². The number of carbonyl (C=O) groups is 3. The van der Waals surface area contributed by atoms with E-state index in [-0.39, 0.29) is 56.6 Å². The van der Waals surface area contributed by atoms with Gasteiger partial charge in [0.05, 0.1) is 31.9 Å². The third-order valence-electron chi connectivity index (χ3n) is 5.08. The lowest BCUT2D eigenvalue weighted by Crippen LogP contribution is -2.59. The first-order valence-corrected chi connectivity index (χ1v) is 9.23. The number of hydroxylamine groups is 2. The number of halogens is 1. The van der Waals surface area contributed by atoms with Gasteiger partial charge in [0.1, 0.15) is 25.8 Å². The number of carbonyl (C=O) groups excluding carboxylic acids is 3. The molecule has 3 rings (SSSR count). The maximum atomic E-state index is 14.8. The minimum absolute atomic E-state index is 0.0352. The predicted molar refractivity (Wildman–Crippen MR) is 101 cm³/mol. The van der Waals surface area contributed by atoms with E-state index in [1.807, 2.05) is 0 Å². The van der Waals surface area contributed by atoms with Gasteiger partial charge >= 0.3 is 6.09 Å². The number of hydrogen-bond acceptors (Lipinski definition) is 6. The van der Waals surface area contributed by atoms with Crippen LogP contribution < -0.4 is 14.9 Å². The topological polar surface area (TPSA) is 122 Å². The monoisotopic (exact) mass is 410 g/mol. The summed E-state index contributed by atoms with van der Waals surface area (Å²) in [5.41, 5.74) is 0.175. The number of aliphatic hydroxyl groups excluding tert-OH is 1. The molecular formula is C18H23FN4O6. The Morgan fingerprint density at radius 2 is 2.07 bits per heavy atom. The van der Waals surface area contributed by atoms with Gasteiger partial charge in [-0.25, -0.2) is 9.18 Å². The number of amides is 3. The summed E-state index contributed by atoms with van der Waals surface area (Å²) in [6.07, 6.45) is -1.21. The van der Waals surface area contributed by atoms with Gasteiger partial charge in [0.15, 0.2) is 11.5 Å². The molecule has 0 bridgehead atoms. The number of quaternary nitrogens is 1. The van der Waals surface area contributed by atoms with Crippen LogP contribution in [0.25, 0.3) is 0 Å². The Morgan fingerprint density at radius 3 is 2.66 bits per heavy atom. The fraction of sp³-hybridized carbons (Fsp3) is 0.500.